The second kappa shape index (κ2) is 12.0. The van der Waals surface area contributed by atoms with Gasteiger partial charge in [0.05, 0.1) is 22.2 Å². The maximum absolute atomic E-state index is 13.8. The molecule has 0 bridgehead atoms. The first-order chi connectivity index (χ1) is 18.1. The van der Waals surface area contributed by atoms with Crippen LogP contribution in [-0.4, -0.2) is 44.6 Å². The Labute approximate surface area is 222 Å². The third kappa shape index (κ3) is 6.30. The molecular formula is C29H34N4O3S. The Morgan fingerprint density at radius 3 is 2.22 bits per heavy atom. The summed E-state index contributed by atoms with van der Waals surface area (Å²) >= 11 is 1.36. The number of nitro groups is 1. The summed E-state index contributed by atoms with van der Waals surface area (Å²) in [5, 5.41) is 11.9. The molecule has 8 heteroatoms. The number of nitrogens with zero attached hydrogens (tertiary/aromatic N) is 4. The van der Waals surface area contributed by atoms with Gasteiger partial charge >= 0.3 is 0 Å². The lowest BCUT2D eigenvalue weighted by Crippen LogP contribution is -2.51. The van der Waals surface area contributed by atoms with Crippen LogP contribution in [0.15, 0.2) is 64.5 Å². The molecule has 2 aromatic rings. The molecule has 5 rings (SSSR count). The van der Waals surface area contributed by atoms with Gasteiger partial charge in [0.1, 0.15) is 0 Å². The Bertz CT molecular complexity index is 1150. The number of amides is 1. The van der Waals surface area contributed by atoms with Gasteiger partial charge in [0.25, 0.3) is 11.6 Å². The maximum atomic E-state index is 13.8. The first-order valence-corrected chi connectivity index (χ1v) is 14.3. The number of nitro benzene ring substituents is 1. The van der Waals surface area contributed by atoms with Gasteiger partial charge in [-0.3, -0.25) is 24.7 Å². The number of para-hydroxylation sites is 1. The van der Waals surface area contributed by atoms with Crippen LogP contribution in [0.3, 0.4) is 0 Å². The van der Waals surface area contributed by atoms with Crippen LogP contribution in [0.1, 0.15) is 69.8 Å². The predicted octanol–water partition coefficient (Wildman–Crippen LogP) is 7.12. The summed E-state index contributed by atoms with van der Waals surface area (Å²) in [5.74, 6) is -0.0807. The molecule has 1 saturated heterocycles. The van der Waals surface area contributed by atoms with Crippen molar-refractivity contribution in [3.05, 3.63) is 75.2 Å². The smallest absolute Gasteiger partial charge is 0.270 e. The number of aliphatic imine (C=N–C) groups is 1. The molecule has 37 heavy (non-hydrogen) atoms. The zero-order valence-corrected chi connectivity index (χ0v) is 21.9. The van der Waals surface area contributed by atoms with Gasteiger partial charge in [0, 0.05) is 24.2 Å². The molecule has 0 atom stereocenters. The first-order valence-electron chi connectivity index (χ1n) is 13.4. The van der Waals surface area contributed by atoms with Gasteiger partial charge in [0.2, 0.25) is 0 Å². The van der Waals surface area contributed by atoms with Crippen LogP contribution in [0, 0.1) is 10.1 Å². The van der Waals surface area contributed by atoms with Gasteiger partial charge in [0.15, 0.2) is 5.17 Å². The molecule has 194 valence electrons. The Kier molecular flexibility index (Phi) is 8.36. The molecule has 3 aliphatic rings. The molecule has 0 aromatic heterocycles. The third-order valence-corrected chi connectivity index (χ3v) is 8.65. The molecule has 1 heterocycles. The van der Waals surface area contributed by atoms with Crippen molar-refractivity contribution in [3.63, 3.8) is 0 Å². The van der Waals surface area contributed by atoms with Crippen molar-refractivity contribution in [1.82, 2.24) is 9.80 Å². The summed E-state index contributed by atoms with van der Waals surface area (Å²) < 4.78 is 0. The number of carbonyl (C=O) groups excluding carboxylic acids is 1. The molecule has 2 aromatic carbocycles. The fraction of sp³-hybridized carbons (Fsp3) is 0.448. The van der Waals surface area contributed by atoms with Crippen LogP contribution in [0.5, 0.6) is 0 Å². The van der Waals surface area contributed by atoms with Gasteiger partial charge in [-0.15, -0.1) is 0 Å². The summed E-state index contributed by atoms with van der Waals surface area (Å²) in [6.45, 7) is 0.541. The van der Waals surface area contributed by atoms with E-state index in [0.29, 0.717) is 34.4 Å². The SMILES string of the molecule is O=C1/C(=C/c2cccc([N+](=O)[O-])c2)SC(=Nc2ccccc2)N1CN(C1CCCCC1)C1CCCCC1. The van der Waals surface area contributed by atoms with E-state index in [9.17, 15) is 14.9 Å². The van der Waals surface area contributed by atoms with Gasteiger partial charge in [-0.2, -0.15) is 0 Å². The Balaban J connectivity index is 1.47. The molecule has 0 unspecified atom stereocenters. The number of non-ortho nitro benzene ring substituents is 1. The summed E-state index contributed by atoms with van der Waals surface area (Å²) in [5.41, 5.74) is 1.46. The summed E-state index contributed by atoms with van der Waals surface area (Å²) in [6.07, 6.45) is 14.1. The van der Waals surface area contributed by atoms with Crippen molar-refractivity contribution in [2.45, 2.75) is 76.3 Å². The molecule has 2 saturated carbocycles. The average molecular weight is 519 g/mol. The van der Waals surface area contributed by atoms with Gasteiger partial charge in [-0.25, -0.2) is 4.99 Å². The predicted molar refractivity (Wildman–Crippen MR) is 149 cm³/mol. The Morgan fingerprint density at radius 2 is 1.59 bits per heavy atom. The van der Waals surface area contributed by atoms with Crippen molar-refractivity contribution in [3.8, 4) is 0 Å². The number of hydrogen-bond acceptors (Lipinski definition) is 6. The first kappa shape index (κ1) is 25.7. The fourth-order valence-electron chi connectivity index (χ4n) is 5.73. The van der Waals surface area contributed by atoms with Crippen LogP contribution < -0.4 is 0 Å². The zero-order chi connectivity index (χ0) is 25.6. The van der Waals surface area contributed by atoms with Crippen molar-refractivity contribution >= 4 is 40.3 Å². The second-order valence-electron chi connectivity index (χ2n) is 10.2. The maximum Gasteiger partial charge on any atom is 0.270 e. The average Bonchev–Trinajstić information content (AvgIpc) is 3.22. The van der Waals surface area contributed by atoms with Crippen molar-refractivity contribution < 1.29 is 9.72 Å². The highest BCUT2D eigenvalue weighted by Crippen LogP contribution is 2.37. The number of hydrogen-bond donors (Lipinski definition) is 0. The number of rotatable bonds is 7. The second-order valence-corrected chi connectivity index (χ2v) is 11.2. The van der Waals surface area contributed by atoms with Crippen LogP contribution in [0.2, 0.25) is 0 Å². The molecule has 2 aliphatic carbocycles. The topological polar surface area (TPSA) is 79.0 Å². The molecule has 1 amide bonds. The van der Waals surface area contributed by atoms with Crippen LogP contribution >= 0.6 is 11.8 Å². The van der Waals surface area contributed by atoms with Crippen LogP contribution in [0.4, 0.5) is 11.4 Å². The highest BCUT2D eigenvalue weighted by molar-refractivity contribution is 8.18. The van der Waals surface area contributed by atoms with E-state index in [0.717, 1.165) is 5.69 Å². The lowest BCUT2D eigenvalue weighted by Gasteiger charge is -2.43. The van der Waals surface area contributed by atoms with Crippen molar-refractivity contribution in [2.24, 2.45) is 4.99 Å². The summed E-state index contributed by atoms with van der Waals surface area (Å²) in [6, 6.07) is 17.1. The van der Waals surface area contributed by atoms with Gasteiger partial charge in [-0.05, 0) is 61.2 Å². The Morgan fingerprint density at radius 1 is 0.946 bits per heavy atom. The molecule has 7 nitrogen and oxygen atoms in total. The quantitative estimate of drug-likeness (QED) is 0.221. The molecule has 3 fully saturated rings. The minimum absolute atomic E-state index is 0.0144. The lowest BCUT2D eigenvalue weighted by molar-refractivity contribution is -0.384. The van der Waals surface area contributed by atoms with Crippen molar-refractivity contribution in [1.29, 1.82) is 0 Å². The van der Waals surface area contributed by atoms with Crippen LogP contribution in [-0.2, 0) is 4.79 Å². The molecule has 0 spiro atoms. The van der Waals surface area contributed by atoms with E-state index >= 15 is 0 Å². The number of amidine groups is 1. The highest BCUT2D eigenvalue weighted by Gasteiger charge is 2.38. The van der Waals surface area contributed by atoms with Gasteiger partial charge < -0.3 is 0 Å². The third-order valence-electron chi connectivity index (χ3n) is 7.64. The van der Waals surface area contributed by atoms with E-state index in [1.807, 2.05) is 35.2 Å². The van der Waals surface area contributed by atoms with E-state index in [1.54, 1.807) is 18.2 Å². The van der Waals surface area contributed by atoms with E-state index in [4.69, 9.17) is 4.99 Å². The standard InChI is InChI=1S/C29H34N4O3S/c34-28-27(20-22-11-10-18-26(19-22)33(35)36)37-29(30-23-12-4-1-5-13-23)32(28)21-31(24-14-6-2-7-15-24)25-16-8-3-9-17-25/h1,4-5,10-13,18-20,24-25H,2-3,6-9,14-17,21H2/b27-20-,30-29?. The lowest BCUT2D eigenvalue weighted by atomic mass is 9.89. The highest BCUT2D eigenvalue weighted by atomic mass is 32.2. The van der Waals surface area contributed by atoms with E-state index in [2.05, 4.69) is 4.90 Å². The molecular weight excluding hydrogens is 484 g/mol. The van der Waals surface area contributed by atoms with E-state index in [1.165, 1.54) is 88.1 Å². The fourth-order valence-corrected chi connectivity index (χ4v) is 6.72. The number of carbonyl (C=O) groups is 1. The molecule has 0 N–H and O–H groups in total. The number of benzene rings is 2. The summed E-state index contributed by atoms with van der Waals surface area (Å²) in [4.78, 5) is 34.5. The van der Waals surface area contributed by atoms with E-state index < -0.39 is 4.92 Å². The molecule has 0 radical (unpaired) electrons. The minimum Gasteiger partial charge on any atom is -0.280 e. The normalized spacial score (nSPS) is 21.9. The zero-order valence-electron chi connectivity index (χ0n) is 21.1. The number of thioether (sulfide) groups is 1. The van der Waals surface area contributed by atoms with Crippen molar-refractivity contribution in [2.75, 3.05) is 6.67 Å². The van der Waals surface area contributed by atoms with Gasteiger partial charge in [-0.1, -0.05) is 68.9 Å². The monoisotopic (exact) mass is 518 g/mol. The Hall–Kier alpha value is -2.97. The summed E-state index contributed by atoms with van der Waals surface area (Å²) in [7, 11) is 0. The largest absolute Gasteiger partial charge is 0.280 e. The minimum atomic E-state index is -0.410. The van der Waals surface area contributed by atoms with Crippen LogP contribution in [0.25, 0.3) is 6.08 Å². The van der Waals surface area contributed by atoms with E-state index in [-0.39, 0.29) is 11.6 Å². The molecule has 1 aliphatic heterocycles.